The molecule has 1 saturated heterocycles. The molecule has 1 aliphatic heterocycles. The molecule has 138 valence electrons. The molecule has 3 rings (SSSR count). The largest absolute Gasteiger partial charge is 0.467 e. The van der Waals surface area contributed by atoms with Crippen LogP contribution in [0.3, 0.4) is 0 Å². The van der Waals surface area contributed by atoms with Gasteiger partial charge in [-0.15, -0.1) is 11.3 Å². The fourth-order valence-corrected chi connectivity index (χ4v) is 5.33. The predicted molar refractivity (Wildman–Crippen MR) is 94.2 cm³/mol. The van der Waals surface area contributed by atoms with Gasteiger partial charge in [-0.25, -0.2) is 13.2 Å². The third kappa shape index (κ3) is 3.48. The zero-order valence-electron chi connectivity index (χ0n) is 13.9. The van der Waals surface area contributed by atoms with Crippen molar-refractivity contribution < 1.29 is 22.7 Å². The van der Waals surface area contributed by atoms with Crippen molar-refractivity contribution in [3.8, 4) is 0 Å². The molecule has 8 nitrogen and oxygen atoms in total. The highest BCUT2D eigenvalue weighted by Crippen LogP contribution is 2.24. The predicted octanol–water partition coefficient (Wildman–Crippen LogP) is 0.831. The van der Waals surface area contributed by atoms with Crippen LogP contribution in [0.5, 0.6) is 0 Å². The minimum atomic E-state index is -3.71. The first kappa shape index (κ1) is 18.5. The van der Waals surface area contributed by atoms with Gasteiger partial charge in [0.15, 0.2) is 0 Å². The summed E-state index contributed by atoms with van der Waals surface area (Å²) in [6, 6.07) is 5.37. The van der Waals surface area contributed by atoms with Gasteiger partial charge in [-0.3, -0.25) is 9.78 Å². The molecule has 0 N–H and O–H groups in total. The van der Waals surface area contributed by atoms with E-state index in [1.807, 2.05) is 0 Å². The average Bonchev–Trinajstić information content (AvgIpc) is 3.22. The Hall–Kier alpha value is -2.30. The Kier molecular flexibility index (Phi) is 5.35. The maximum absolute atomic E-state index is 12.7. The molecule has 1 aliphatic rings. The summed E-state index contributed by atoms with van der Waals surface area (Å²) in [5.41, 5.74) is 0.330. The van der Waals surface area contributed by atoms with E-state index in [2.05, 4.69) is 4.98 Å². The van der Waals surface area contributed by atoms with Crippen molar-refractivity contribution in [2.24, 2.45) is 0 Å². The lowest BCUT2D eigenvalue weighted by Gasteiger charge is -2.38. The Morgan fingerprint density at radius 2 is 2.08 bits per heavy atom. The minimum absolute atomic E-state index is 0.0814. The quantitative estimate of drug-likeness (QED) is 0.712. The smallest absolute Gasteiger partial charge is 0.329 e. The second kappa shape index (κ2) is 7.52. The molecule has 2 aromatic rings. The number of ether oxygens (including phenoxy) is 1. The second-order valence-corrected chi connectivity index (χ2v) is 8.69. The first-order valence-electron chi connectivity index (χ1n) is 7.77. The number of esters is 1. The van der Waals surface area contributed by atoms with Gasteiger partial charge >= 0.3 is 5.97 Å². The van der Waals surface area contributed by atoms with Crippen molar-refractivity contribution in [2.45, 2.75) is 10.3 Å². The van der Waals surface area contributed by atoms with E-state index in [1.165, 1.54) is 28.6 Å². The zero-order chi connectivity index (χ0) is 18.7. The van der Waals surface area contributed by atoms with Crippen molar-refractivity contribution >= 4 is 33.2 Å². The summed E-state index contributed by atoms with van der Waals surface area (Å²) in [6.45, 7) is 0.0245. The third-order valence-electron chi connectivity index (χ3n) is 4.07. The molecule has 0 unspecified atom stereocenters. The van der Waals surface area contributed by atoms with Gasteiger partial charge in [0.1, 0.15) is 10.3 Å². The van der Waals surface area contributed by atoms with Crippen molar-refractivity contribution in [3.63, 3.8) is 0 Å². The summed E-state index contributed by atoms with van der Waals surface area (Å²) in [4.78, 5) is 30.2. The van der Waals surface area contributed by atoms with E-state index in [0.717, 1.165) is 11.3 Å². The van der Waals surface area contributed by atoms with Crippen LogP contribution in [-0.2, 0) is 19.6 Å². The van der Waals surface area contributed by atoms with Gasteiger partial charge in [-0.2, -0.15) is 4.31 Å². The number of sulfonamides is 1. The fourth-order valence-electron chi connectivity index (χ4n) is 2.75. The number of rotatable bonds is 4. The molecule has 0 spiro atoms. The van der Waals surface area contributed by atoms with Crippen LogP contribution in [0.1, 0.15) is 10.4 Å². The van der Waals surface area contributed by atoms with E-state index in [9.17, 15) is 18.0 Å². The van der Waals surface area contributed by atoms with Crippen LogP contribution in [0.25, 0.3) is 0 Å². The molecule has 2 aromatic heterocycles. The summed E-state index contributed by atoms with van der Waals surface area (Å²) >= 11 is 1.11. The molecule has 0 saturated carbocycles. The van der Waals surface area contributed by atoms with E-state index >= 15 is 0 Å². The number of carbonyl (C=O) groups is 2. The Labute approximate surface area is 155 Å². The van der Waals surface area contributed by atoms with E-state index in [1.54, 1.807) is 29.8 Å². The molecular formula is C16H17N3O5S2. The van der Waals surface area contributed by atoms with Crippen molar-refractivity contribution in [3.05, 3.63) is 47.6 Å². The molecule has 0 aliphatic carbocycles. The molecule has 0 aromatic carbocycles. The molecule has 0 radical (unpaired) electrons. The number of aromatic nitrogens is 1. The number of thiophene rings is 1. The topological polar surface area (TPSA) is 96.9 Å². The molecule has 10 heteroatoms. The van der Waals surface area contributed by atoms with Gasteiger partial charge in [-0.05, 0) is 23.6 Å². The molecule has 1 atom stereocenters. The van der Waals surface area contributed by atoms with Crippen molar-refractivity contribution in [1.82, 2.24) is 14.2 Å². The summed E-state index contributed by atoms with van der Waals surface area (Å²) in [7, 11) is -2.50. The van der Waals surface area contributed by atoms with E-state index in [0.29, 0.717) is 5.56 Å². The molecule has 0 bridgehead atoms. The fraction of sp³-hybridized carbons (Fsp3) is 0.312. The molecule has 1 fully saturated rings. The third-order valence-corrected chi connectivity index (χ3v) is 7.31. The lowest BCUT2D eigenvalue weighted by molar-refractivity contribution is -0.147. The van der Waals surface area contributed by atoms with E-state index in [4.69, 9.17) is 4.74 Å². The molecular weight excluding hydrogens is 378 g/mol. The van der Waals surface area contributed by atoms with Crippen molar-refractivity contribution in [2.75, 3.05) is 26.7 Å². The number of hydrogen-bond donors (Lipinski definition) is 0. The highest BCUT2D eigenvalue weighted by atomic mass is 32.2. The Balaban J connectivity index is 1.87. The van der Waals surface area contributed by atoms with Crippen molar-refractivity contribution in [1.29, 1.82) is 0 Å². The molecule has 26 heavy (non-hydrogen) atoms. The van der Waals surface area contributed by atoms with Crippen LogP contribution in [0.2, 0.25) is 0 Å². The minimum Gasteiger partial charge on any atom is -0.467 e. The van der Waals surface area contributed by atoms with Crippen LogP contribution in [0.15, 0.2) is 46.2 Å². The first-order chi connectivity index (χ1) is 12.4. The van der Waals surface area contributed by atoms with E-state index in [-0.39, 0.29) is 29.8 Å². The standard InChI is InChI=1S/C16H17N3O5S2/c1-24-16(21)13-11-18(26(22,23)14-5-3-9-25-14)7-8-19(13)15(20)12-4-2-6-17-10-12/h2-6,9-10,13H,7-8,11H2,1H3/t13-/m0/s1. The summed E-state index contributed by atoms with van der Waals surface area (Å²) in [5, 5.41) is 1.67. The van der Waals surface area contributed by atoms with Crippen LogP contribution in [0.4, 0.5) is 0 Å². The number of amides is 1. The van der Waals surface area contributed by atoms with Crippen LogP contribution in [-0.4, -0.2) is 67.3 Å². The maximum Gasteiger partial charge on any atom is 0.329 e. The highest BCUT2D eigenvalue weighted by molar-refractivity contribution is 7.91. The monoisotopic (exact) mass is 395 g/mol. The Morgan fingerprint density at radius 3 is 2.69 bits per heavy atom. The van der Waals surface area contributed by atoms with Gasteiger partial charge < -0.3 is 9.64 Å². The number of methoxy groups -OCH3 is 1. The number of piperazine rings is 1. The second-order valence-electron chi connectivity index (χ2n) is 5.57. The lowest BCUT2D eigenvalue weighted by atomic mass is 10.1. The van der Waals surface area contributed by atoms with Gasteiger partial charge in [-0.1, -0.05) is 6.07 Å². The van der Waals surface area contributed by atoms with E-state index < -0.39 is 22.0 Å². The number of hydrogen-bond acceptors (Lipinski definition) is 7. The van der Waals surface area contributed by atoms with Gasteiger partial charge in [0.05, 0.1) is 12.7 Å². The maximum atomic E-state index is 12.7. The van der Waals surface area contributed by atoms with Crippen LogP contribution >= 0.6 is 11.3 Å². The zero-order valence-corrected chi connectivity index (χ0v) is 15.6. The molecule has 1 amide bonds. The molecule has 3 heterocycles. The van der Waals surface area contributed by atoms with Crippen LogP contribution < -0.4 is 0 Å². The number of carbonyl (C=O) groups excluding carboxylic acids is 2. The average molecular weight is 395 g/mol. The highest BCUT2D eigenvalue weighted by Gasteiger charge is 2.41. The Bertz CT molecular complexity index is 884. The van der Waals surface area contributed by atoms with Crippen LogP contribution in [0, 0.1) is 0 Å². The summed E-state index contributed by atoms with van der Waals surface area (Å²) in [6.07, 6.45) is 2.95. The number of pyridine rings is 1. The SMILES string of the molecule is COC(=O)[C@@H]1CN(S(=O)(=O)c2cccs2)CCN1C(=O)c1cccnc1. The van der Waals surface area contributed by atoms with Gasteiger partial charge in [0.2, 0.25) is 0 Å². The lowest BCUT2D eigenvalue weighted by Crippen LogP contribution is -2.59. The van der Waals surface area contributed by atoms with Gasteiger partial charge in [0, 0.05) is 32.0 Å². The number of nitrogens with zero attached hydrogens (tertiary/aromatic N) is 3. The first-order valence-corrected chi connectivity index (χ1v) is 10.1. The van der Waals surface area contributed by atoms with Gasteiger partial charge in [0.25, 0.3) is 15.9 Å². The Morgan fingerprint density at radius 1 is 1.27 bits per heavy atom. The normalized spacial score (nSPS) is 18.5. The summed E-state index contributed by atoms with van der Waals surface area (Å²) in [5.74, 6) is -1.05. The summed E-state index contributed by atoms with van der Waals surface area (Å²) < 4.78 is 31.7.